The minimum absolute atomic E-state index is 0.0710. The number of methoxy groups -OCH3 is 1. The molecule has 3 rings (SSSR count). The van der Waals surface area contributed by atoms with Gasteiger partial charge >= 0.3 is 0 Å². The largest absolute Gasteiger partial charge is 0.497 e. The summed E-state index contributed by atoms with van der Waals surface area (Å²) in [7, 11) is 1.55. The van der Waals surface area contributed by atoms with Gasteiger partial charge in [-0.2, -0.15) is 0 Å². The molecule has 0 saturated carbocycles. The second-order valence-corrected chi connectivity index (χ2v) is 6.34. The maximum absolute atomic E-state index is 13.3. The number of carbonyl (C=O) groups excluding carboxylic acids is 2. The molecule has 0 aromatic heterocycles. The average molecular weight is 372 g/mol. The van der Waals surface area contributed by atoms with Crippen molar-refractivity contribution in [3.8, 4) is 11.5 Å². The molecule has 27 heavy (non-hydrogen) atoms. The maximum Gasteiger partial charge on any atom is 0.258 e. The van der Waals surface area contributed by atoms with Gasteiger partial charge < -0.3 is 19.7 Å². The second-order valence-electron chi connectivity index (χ2n) is 6.34. The minimum atomic E-state index is -0.335. The first-order valence-electron chi connectivity index (χ1n) is 8.62. The van der Waals surface area contributed by atoms with Gasteiger partial charge in [-0.3, -0.25) is 9.59 Å². The van der Waals surface area contributed by atoms with Gasteiger partial charge in [0.1, 0.15) is 17.3 Å². The predicted octanol–water partition coefficient (Wildman–Crippen LogP) is 2.13. The number of amides is 2. The minimum Gasteiger partial charge on any atom is -0.497 e. The molecule has 0 spiro atoms. The Morgan fingerprint density at radius 3 is 2.78 bits per heavy atom. The van der Waals surface area contributed by atoms with Gasteiger partial charge in [-0.1, -0.05) is 18.2 Å². The Labute approximate surface area is 156 Å². The Balaban J connectivity index is 1.48. The van der Waals surface area contributed by atoms with Gasteiger partial charge in [0.15, 0.2) is 6.61 Å². The highest BCUT2D eigenvalue weighted by atomic mass is 19.1. The molecule has 2 amide bonds. The number of benzene rings is 2. The Bertz CT molecular complexity index is 827. The SMILES string of the molecule is COc1cccc(OCC(=O)NC2CC(=O)N(Cc3cccc(F)c3)C2)c1. The van der Waals surface area contributed by atoms with Crippen molar-refractivity contribution >= 4 is 11.8 Å². The van der Waals surface area contributed by atoms with Crippen molar-refractivity contribution in [1.82, 2.24) is 10.2 Å². The number of hydrogen-bond donors (Lipinski definition) is 1. The van der Waals surface area contributed by atoms with Crippen molar-refractivity contribution in [3.63, 3.8) is 0 Å². The number of rotatable bonds is 7. The number of hydrogen-bond acceptors (Lipinski definition) is 4. The highest BCUT2D eigenvalue weighted by molar-refractivity contribution is 5.82. The van der Waals surface area contributed by atoms with Crippen LogP contribution in [0.5, 0.6) is 11.5 Å². The van der Waals surface area contributed by atoms with E-state index in [-0.39, 0.29) is 36.7 Å². The predicted molar refractivity (Wildman–Crippen MR) is 96.9 cm³/mol. The van der Waals surface area contributed by atoms with Crippen LogP contribution in [0.2, 0.25) is 0 Å². The molecule has 0 radical (unpaired) electrons. The second kappa shape index (κ2) is 8.53. The fraction of sp³-hybridized carbons (Fsp3) is 0.300. The summed E-state index contributed by atoms with van der Waals surface area (Å²) < 4.78 is 23.8. The molecule has 1 N–H and O–H groups in total. The van der Waals surface area contributed by atoms with Crippen molar-refractivity contribution < 1.29 is 23.5 Å². The first kappa shape index (κ1) is 18.7. The molecule has 0 aliphatic carbocycles. The zero-order valence-corrected chi connectivity index (χ0v) is 15.0. The highest BCUT2D eigenvalue weighted by Crippen LogP contribution is 2.19. The smallest absolute Gasteiger partial charge is 0.258 e. The molecular weight excluding hydrogens is 351 g/mol. The maximum atomic E-state index is 13.3. The average Bonchev–Trinajstić information content (AvgIpc) is 2.99. The van der Waals surface area contributed by atoms with Gasteiger partial charge in [-0.25, -0.2) is 4.39 Å². The third-order valence-electron chi connectivity index (χ3n) is 4.25. The van der Waals surface area contributed by atoms with Crippen molar-refractivity contribution in [2.75, 3.05) is 20.3 Å². The molecule has 1 aliphatic rings. The van der Waals surface area contributed by atoms with E-state index in [1.807, 2.05) is 0 Å². The van der Waals surface area contributed by atoms with Crippen molar-refractivity contribution in [2.45, 2.75) is 19.0 Å². The van der Waals surface area contributed by atoms with Crippen molar-refractivity contribution in [1.29, 1.82) is 0 Å². The van der Waals surface area contributed by atoms with E-state index in [1.54, 1.807) is 48.4 Å². The first-order chi connectivity index (χ1) is 13.0. The Morgan fingerprint density at radius 1 is 1.22 bits per heavy atom. The molecule has 6 nitrogen and oxygen atoms in total. The highest BCUT2D eigenvalue weighted by Gasteiger charge is 2.30. The van der Waals surface area contributed by atoms with Crippen LogP contribution in [0.3, 0.4) is 0 Å². The zero-order chi connectivity index (χ0) is 19.2. The molecule has 2 aromatic carbocycles. The van der Waals surface area contributed by atoms with E-state index in [2.05, 4.69) is 5.32 Å². The van der Waals surface area contributed by atoms with Gasteiger partial charge in [-0.05, 0) is 29.8 Å². The molecule has 0 bridgehead atoms. The van der Waals surface area contributed by atoms with Crippen molar-refractivity contribution in [3.05, 3.63) is 59.9 Å². The molecule has 1 saturated heterocycles. The third kappa shape index (κ3) is 5.20. The monoisotopic (exact) mass is 372 g/mol. The van der Waals surface area contributed by atoms with Crippen LogP contribution in [0.4, 0.5) is 4.39 Å². The lowest BCUT2D eigenvalue weighted by atomic mass is 10.2. The quantitative estimate of drug-likeness (QED) is 0.809. The van der Waals surface area contributed by atoms with E-state index in [1.165, 1.54) is 12.1 Å². The van der Waals surface area contributed by atoms with Gasteiger partial charge in [0.2, 0.25) is 5.91 Å². The van der Waals surface area contributed by atoms with Crippen molar-refractivity contribution in [2.24, 2.45) is 0 Å². The third-order valence-corrected chi connectivity index (χ3v) is 4.25. The Morgan fingerprint density at radius 2 is 2.00 bits per heavy atom. The molecule has 1 unspecified atom stereocenters. The summed E-state index contributed by atoms with van der Waals surface area (Å²) in [5.41, 5.74) is 0.719. The standard InChI is InChI=1S/C20H21FN2O4/c1-26-17-6-3-7-18(10-17)27-13-19(24)22-16-9-20(25)23(12-16)11-14-4-2-5-15(21)8-14/h2-8,10,16H,9,11-13H2,1H3,(H,22,24). The van der Waals surface area contributed by atoms with E-state index in [4.69, 9.17) is 9.47 Å². The number of carbonyl (C=O) groups is 2. The van der Waals surface area contributed by atoms with E-state index < -0.39 is 0 Å². The van der Waals surface area contributed by atoms with Crippen LogP contribution in [0, 0.1) is 5.82 Å². The van der Waals surface area contributed by atoms with E-state index >= 15 is 0 Å². The number of nitrogens with one attached hydrogen (secondary N) is 1. The van der Waals surface area contributed by atoms with Crippen LogP contribution in [0.15, 0.2) is 48.5 Å². The number of halogens is 1. The molecule has 142 valence electrons. The van der Waals surface area contributed by atoms with Crippen LogP contribution in [0.25, 0.3) is 0 Å². The molecule has 1 heterocycles. The Hall–Kier alpha value is -3.09. The van der Waals surface area contributed by atoms with Gasteiger partial charge in [-0.15, -0.1) is 0 Å². The van der Waals surface area contributed by atoms with Crippen LogP contribution in [0.1, 0.15) is 12.0 Å². The van der Waals surface area contributed by atoms with Gasteiger partial charge in [0.25, 0.3) is 5.91 Å². The topological polar surface area (TPSA) is 67.9 Å². The van der Waals surface area contributed by atoms with E-state index in [9.17, 15) is 14.0 Å². The van der Waals surface area contributed by atoms with Gasteiger partial charge in [0.05, 0.1) is 13.2 Å². The molecule has 2 aromatic rings. The van der Waals surface area contributed by atoms with Crippen LogP contribution in [-0.4, -0.2) is 43.0 Å². The van der Waals surface area contributed by atoms with Crippen LogP contribution >= 0.6 is 0 Å². The summed E-state index contributed by atoms with van der Waals surface area (Å²) in [5.74, 6) is 0.460. The lowest BCUT2D eigenvalue weighted by molar-refractivity contribution is -0.128. The molecule has 1 atom stereocenters. The lowest BCUT2D eigenvalue weighted by Gasteiger charge is -2.17. The fourth-order valence-corrected chi connectivity index (χ4v) is 2.99. The fourth-order valence-electron chi connectivity index (χ4n) is 2.99. The summed E-state index contributed by atoms with van der Waals surface area (Å²) in [5, 5.41) is 2.80. The summed E-state index contributed by atoms with van der Waals surface area (Å²) in [6.45, 7) is 0.561. The first-order valence-corrected chi connectivity index (χ1v) is 8.62. The number of ether oxygens (including phenoxy) is 2. The number of likely N-dealkylation sites (tertiary alicyclic amines) is 1. The summed E-state index contributed by atoms with van der Waals surface area (Å²) >= 11 is 0. The Kier molecular flexibility index (Phi) is 5.90. The summed E-state index contributed by atoms with van der Waals surface area (Å²) in [4.78, 5) is 25.9. The molecule has 1 aliphatic heterocycles. The normalized spacial score (nSPS) is 16.3. The van der Waals surface area contributed by atoms with Crippen LogP contribution in [-0.2, 0) is 16.1 Å². The van der Waals surface area contributed by atoms with Gasteiger partial charge in [0, 0.05) is 25.6 Å². The zero-order valence-electron chi connectivity index (χ0n) is 15.0. The summed E-state index contributed by atoms with van der Waals surface area (Å²) in [6.07, 6.45) is 0.222. The molecule has 7 heteroatoms. The van der Waals surface area contributed by atoms with Crippen LogP contribution < -0.4 is 14.8 Å². The summed E-state index contributed by atoms with van der Waals surface area (Å²) in [6, 6.07) is 12.8. The lowest BCUT2D eigenvalue weighted by Crippen LogP contribution is -2.39. The molecule has 1 fully saturated rings. The van der Waals surface area contributed by atoms with E-state index in [0.29, 0.717) is 24.6 Å². The molecular formula is C20H21FN2O4. The van der Waals surface area contributed by atoms with E-state index in [0.717, 1.165) is 5.56 Å². The number of nitrogens with zero attached hydrogens (tertiary/aromatic N) is 1.